The van der Waals surface area contributed by atoms with Gasteiger partial charge in [0.1, 0.15) is 11.5 Å². The minimum atomic E-state index is -0.694. The number of nitrogens with zero attached hydrogens (tertiary/aromatic N) is 1. The standard InChI is InChI=1S/C22H22ClNO4/c1-13(2)12-24-19(15-5-4-6-17(11-15)28-3)18(21(26)22(24)27)20(25)14-7-9-16(23)10-8-14/h4-11,13,19,25H,12H2,1-3H3. The van der Waals surface area contributed by atoms with Crippen LogP contribution in [0, 0.1) is 5.92 Å². The maximum atomic E-state index is 12.9. The molecule has 1 aliphatic heterocycles. The number of hydrogen-bond donors (Lipinski definition) is 1. The number of Topliss-reactive ketones (excluding diaryl/α,β-unsaturated/α-hetero) is 1. The van der Waals surface area contributed by atoms with E-state index < -0.39 is 17.7 Å². The summed E-state index contributed by atoms with van der Waals surface area (Å²) in [5.74, 6) is -0.756. The molecule has 1 atom stereocenters. The van der Waals surface area contributed by atoms with Crippen molar-refractivity contribution in [3.05, 3.63) is 70.3 Å². The van der Waals surface area contributed by atoms with Crippen LogP contribution in [0.3, 0.4) is 0 Å². The highest BCUT2D eigenvalue weighted by atomic mass is 35.5. The van der Waals surface area contributed by atoms with E-state index in [9.17, 15) is 14.7 Å². The first-order chi connectivity index (χ1) is 13.3. The average Bonchev–Trinajstić information content (AvgIpc) is 2.92. The van der Waals surface area contributed by atoms with Gasteiger partial charge in [-0.1, -0.05) is 37.6 Å². The summed E-state index contributed by atoms with van der Waals surface area (Å²) in [6.07, 6.45) is 0. The Morgan fingerprint density at radius 3 is 2.46 bits per heavy atom. The number of amides is 1. The summed E-state index contributed by atoms with van der Waals surface area (Å²) in [6, 6.07) is 13.0. The molecule has 2 aromatic carbocycles. The molecule has 0 spiro atoms. The molecule has 0 aliphatic carbocycles. The minimum Gasteiger partial charge on any atom is -0.507 e. The van der Waals surface area contributed by atoms with Crippen LogP contribution in [0.4, 0.5) is 0 Å². The van der Waals surface area contributed by atoms with Crippen LogP contribution in [0.5, 0.6) is 5.75 Å². The van der Waals surface area contributed by atoms with Gasteiger partial charge in [-0.2, -0.15) is 0 Å². The molecule has 28 heavy (non-hydrogen) atoms. The van der Waals surface area contributed by atoms with Crippen molar-refractivity contribution in [3.63, 3.8) is 0 Å². The number of rotatable bonds is 5. The number of benzene rings is 2. The predicted molar refractivity (Wildman–Crippen MR) is 108 cm³/mol. The monoisotopic (exact) mass is 399 g/mol. The second kappa shape index (κ2) is 8.07. The van der Waals surface area contributed by atoms with Gasteiger partial charge in [0.25, 0.3) is 11.7 Å². The van der Waals surface area contributed by atoms with Crippen LogP contribution < -0.4 is 4.74 Å². The molecule has 6 heteroatoms. The van der Waals surface area contributed by atoms with E-state index in [-0.39, 0.29) is 17.3 Å². The molecule has 2 aromatic rings. The zero-order chi connectivity index (χ0) is 20.4. The molecular formula is C22H22ClNO4. The number of ketones is 1. The van der Waals surface area contributed by atoms with Crippen molar-refractivity contribution in [1.82, 2.24) is 4.90 Å². The number of aliphatic hydroxyl groups excluding tert-OH is 1. The first kappa shape index (κ1) is 20.0. The molecule has 1 heterocycles. The topological polar surface area (TPSA) is 66.8 Å². The summed E-state index contributed by atoms with van der Waals surface area (Å²) in [7, 11) is 1.55. The minimum absolute atomic E-state index is 0.0706. The maximum absolute atomic E-state index is 12.9. The number of carbonyl (C=O) groups is 2. The lowest BCUT2D eigenvalue weighted by atomic mass is 9.95. The second-order valence-corrected chi connectivity index (χ2v) is 7.57. The van der Waals surface area contributed by atoms with Gasteiger partial charge in [0.2, 0.25) is 0 Å². The summed E-state index contributed by atoms with van der Waals surface area (Å²) in [6.45, 7) is 4.34. The molecule has 0 saturated carbocycles. The highest BCUT2D eigenvalue weighted by Gasteiger charge is 2.46. The third kappa shape index (κ3) is 3.76. The molecule has 1 amide bonds. The molecule has 1 saturated heterocycles. The molecule has 1 N–H and O–H groups in total. The van der Waals surface area contributed by atoms with Gasteiger partial charge in [-0.05, 0) is 47.9 Å². The van der Waals surface area contributed by atoms with E-state index in [4.69, 9.17) is 16.3 Å². The third-order valence-electron chi connectivity index (χ3n) is 4.63. The van der Waals surface area contributed by atoms with Gasteiger partial charge < -0.3 is 14.7 Å². The fraction of sp³-hybridized carbons (Fsp3) is 0.273. The van der Waals surface area contributed by atoms with Crippen molar-refractivity contribution in [2.75, 3.05) is 13.7 Å². The van der Waals surface area contributed by atoms with Crippen LogP contribution in [-0.2, 0) is 9.59 Å². The van der Waals surface area contributed by atoms with Gasteiger partial charge in [-0.25, -0.2) is 0 Å². The van der Waals surface area contributed by atoms with E-state index in [0.717, 1.165) is 0 Å². The van der Waals surface area contributed by atoms with Crippen molar-refractivity contribution in [1.29, 1.82) is 0 Å². The largest absolute Gasteiger partial charge is 0.507 e. The Balaban J connectivity index is 2.19. The fourth-order valence-corrected chi connectivity index (χ4v) is 3.51. The van der Waals surface area contributed by atoms with Crippen molar-refractivity contribution in [2.45, 2.75) is 19.9 Å². The lowest BCUT2D eigenvalue weighted by molar-refractivity contribution is -0.140. The Hall–Kier alpha value is -2.79. The summed E-state index contributed by atoms with van der Waals surface area (Å²) < 4.78 is 5.30. The van der Waals surface area contributed by atoms with E-state index in [2.05, 4.69) is 0 Å². The molecular weight excluding hydrogens is 378 g/mol. The van der Waals surface area contributed by atoms with E-state index in [1.165, 1.54) is 4.90 Å². The first-order valence-electron chi connectivity index (χ1n) is 9.01. The Morgan fingerprint density at radius 2 is 1.86 bits per heavy atom. The summed E-state index contributed by atoms with van der Waals surface area (Å²) in [5.41, 5.74) is 1.20. The van der Waals surface area contributed by atoms with E-state index in [1.54, 1.807) is 49.6 Å². The summed E-state index contributed by atoms with van der Waals surface area (Å²) in [4.78, 5) is 27.1. The molecule has 0 radical (unpaired) electrons. The van der Waals surface area contributed by atoms with Crippen molar-refractivity contribution in [2.24, 2.45) is 5.92 Å². The van der Waals surface area contributed by atoms with Gasteiger partial charge in [0.05, 0.1) is 18.7 Å². The zero-order valence-electron chi connectivity index (χ0n) is 16.0. The Bertz CT molecular complexity index is 934. The summed E-state index contributed by atoms with van der Waals surface area (Å²) in [5, 5.41) is 11.4. The number of ether oxygens (including phenoxy) is 1. The molecule has 3 rings (SSSR count). The molecule has 146 valence electrons. The Kier molecular flexibility index (Phi) is 5.75. The third-order valence-corrected chi connectivity index (χ3v) is 4.88. The number of aliphatic hydroxyl groups is 1. The number of likely N-dealkylation sites (tertiary alicyclic amines) is 1. The van der Waals surface area contributed by atoms with Gasteiger partial charge in [-0.3, -0.25) is 9.59 Å². The Labute approximate surface area is 169 Å². The lowest BCUT2D eigenvalue weighted by Crippen LogP contribution is -2.33. The number of hydrogen-bond acceptors (Lipinski definition) is 4. The van der Waals surface area contributed by atoms with Gasteiger partial charge in [0.15, 0.2) is 0 Å². The Morgan fingerprint density at radius 1 is 1.18 bits per heavy atom. The molecule has 1 aliphatic rings. The van der Waals surface area contributed by atoms with Crippen molar-refractivity contribution >= 4 is 29.1 Å². The van der Waals surface area contributed by atoms with Gasteiger partial charge >= 0.3 is 0 Å². The van der Waals surface area contributed by atoms with E-state index >= 15 is 0 Å². The molecule has 0 bridgehead atoms. The zero-order valence-corrected chi connectivity index (χ0v) is 16.7. The highest BCUT2D eigenvalue weighted by molar-refractivity contribution is 6.46. The van der Waals surface area contributed by atoms with Crippen molar-refractivity contribution < 1.29 is 19.4 Å². The van der Waals surface area contributed by atoms with Gasteiger partial charge in [0, 0.05) is 17.1 Å². The first-order valence-corrected chi connectivity index (χ1v) is 9.39. The van der Waals surface area contributed by atoms with Crippen LogP contribution in [0.1, 0.15) is 31.0 Å². The number of methoxy groups -OCH3 is 1. The smallest absolute Gasteiger partial charge is 0.295 e. The van der Waals surface area contributed by atoms with Crippen LogP contribution >= 0.6 is 11.6 Å². The fourth-order valence-electron chi connectivity index (χ4n) is 3.38. The van der Waals surface area contributed by atoms with Crippen LogP contribution in [-0.4, -0.2) is 35.4 Å². The molecule has 5 nitrogen and oxygen atoms in total. The molecule has 1 fully saturated rings. The van der Waals surface area contributed by atoms with Crippen LogP contribution in [0.15, 0.2) is 54.1 Å². The predicted octanol–water partition coefficient (Wildman–Crippen LogP) is 4.43. The normalized spacial score (nSPS) is 18.8. The lowest BCUT2D eigenvalue weighted by Gasteiger charge is -2.27. The van der Waals surface area contributed by atoms with E-state index in [1.807, 2.05) is 19.9 Å². The van der Waals surface area contributed by atoms with Crippen LogP contribution in [0.2, 0.25) is 5.02 Å². The quantitative estimate of drug-likeness (QED) is 0.459. The van der Waals surface area contributed by atoms with E-state index in [0.29, 0.717) is 28.4 Å². The average molecular weight is 400 g/mol. The SMILES string of the molecule is COc1cccc(C2C(=C(O)c3ccc(Cl)cc3)C(=O)C(=O)N2CC(C)C)c1. The molecule has 1 unspecified atom stereocenters. The summed E-state index contributed by atoms with van der Waals surface area (Å²) >= 11 is 5.93. The number of carbonyl (C=O) groups excluding carboxylic acids is 2. The highest BCUT2D eigenvalue weighted by Crippen LogP contribution is 2.40. The van der Waals surface area contributed by atoms with Gasteiger partial charge in [-0.15, -0.1) is 0 Å². The number of halogens is 1. The maximum Gasteiger partial charge on any atom is 0.295 e. The van der Waals surface area contributed by atoms with Crippen molar-refractivity contribution in [3.8, 4) is 5.75 Å². The molecule has 0 aromatic heterocycles. The van der Waals surface area contributed by atoms with Crippen LogP contribution in [0.25, 0.3) is 5.76 Å². The second-order valence-electron chi connectivity index (χ2n) is 7.13.